The molecule has 1 atom stereocenters. The highest BCUT2D eigenvalue weighted by Gasteiger charge is 2.28. The average molecular weight is 347 g/mol. The zero-order chi connectivity index (χ0) is 17.6. The summed E-state index contributed by atoms with van der Waals surface area (Å²) < 4.78 is 2.26. The van der Waals surface area contributed by atoms with Crippen molar-refractivity contribution in [2.75, 3.05) is 32.7 Å². The number of likely N-dealkylation sites (tertiary alicyclic amines) is 2. The lowest BCUT2D eigenvalue weighted by Gasteiger charge is -2.35. The van der Waals surface area contributed by atoms with Crippen LogP contribution in [0.4, 0.5) is 0 Å². The summed E-state index contributed by atoms with van der Waals surface area (Å²) in [5, 5.41) is 0. The standard InChI is InChI=1S/C20H34N4O/c1-17(2)24-14-10-21-20(24)18-9-8-13-23(15-18)19(25)16-22-11-6-4-3-5-7-12-22/h10,14,17-18H,3-9,11-13,15-16H2,1-2H3/t18-/m1/s1. The number of carbonyl (C=O) groups excluding carboxylic acids is 1. The van der Waals surface area contributed by atoms with Crippen molar-refractivity contribution in [1.82, 2.24) is 19.4 Å². The van der Waals surface area contributed by atoms with Gasteiger partial charge in [-0.15, -0.1) is 0 Å². The summed E-state index contributed by atoms with van der Waals surface area (Å²) in [5.41, 5.74) is 0. The lowest BCUT2D eigenvalue weighted by Crippen LogP contribution is -2.45. The molecule has 0 bridgehead atoms. The van der Waals surface area contributed by atoms with Crippen LogP contribution in [0.2, 0.25) is 0 Å². The lowest BCUT2D eigenvalue weighted by molar-refractivity contribution is -0.133. The van der Waals surface area contributed by atoms with E-state index in [1.165, 1.54) is 32.1 Å². The molecule has 2 fully saturated rings. The number of piperidine rings is 1. The predicted molar refractivity (Wildman–Crippen MR) is 101 cm³/mol. The third-order valence-corrected chi connectivity index (χ3v) is 5.70. The molecule has 0 N–H and O–H groups in total. The van der Waals surface area contributed by atoms with Crippen LogP contribution in [0.25, 0.3) is 0 Å². The van der Waals surface area contributed by atoms with Crippen LogP contribution < -0.4 is 0 Å². The Hall–Kier alpha value is -1.36. The Morgan fingerprint density at radius 1 is 1.12 bits per heavy atom. The van der Waals surface area contributed by atoms with Gasteiger partial charge in [-0.2, -0.15) is 0 Å². The largest absolute Gasteiger partial charge is 0.341 e. The molecule has 0 saturated carbocycles. The molecule has 1 aromatic heterocycles. The van der Waals surface area contributed by atoms with Crippen LogP contribution in [0.5, 0.6) is 0 Å². The zero-order valence-electron chi connectivity index (χ0n) is 16.0. The molecule has 1 aromatic rings. The van der Waals surface area contributed by atoms with Gasteiger partial charge in [0, 0.05) is 37.4 Å². The first-order valence-corrected chi connectivity index (χ1v) is 10.2. The van der Waals surface area contributed by atoms with E-state index in [0.717, 1.165) is 44.8 Å². The van der Waals surface area contributed by atoms with Crippen molar-refractivity contribution in [3.63, 3.8) is 0 Å². The third kappa shape index (κ3) is 4.84. The van der Waals surface area contributed by atoms with Crippen molar-refractivity contribution in [3.8, 4) is 0 Å². The second-order valence-corrected chi connectivity index (χ2v) is 8.01. The Morgan fingerprint density at radius 3 is 2.56 bits per heavy atom. The summed E-state index contributed by atoms with van der Waals surface area (Å²) >= 11 is 0. The monoisotopic (exact) mass is 346 g/mol. The first-order valence-electron chi connectivity index (χ1n) is 10.2. The molecule has 3 rings (SSSR count). The Balaban J connectivity index is 1.58. The molecule has 0 spiro atoms. The second-order valence-electron chi connectivity index (χ2n) is 8.01. The van der Waals surface area contributed by atoms with Crippen LogP contribution >= 0.6 is 0 Å². The van der Waals surface area contributed by atoms with E-state index in [-0.39, 0.29) is 0 Å². The van der Waals surface area contributed by atoms with Gasteiger partial charge in [-0.25, -0.2) is 4.98 Å². The number of hydrogen-bond acceptors (Lipinski definition) is 3. The van der Waals surface area contributed by atoms with Crippen molar-refractivity contribution in [1.29, 1.82) is 0 Å². The molecule has 3 heterocycles. The van der Waals surface area contributed by atoms with Crippen LogP contribution in [0.15, 0.2) is 12.4 Å². The van der Waals surface area contributed by atoms with Crippen molar-refractivity contribution in [2.24, 2.45) is 0 Å². The summed E-state index contributed by atoms with van der Waals surface area (Å²) in [5.74, 6) is 1.84. The molecule has 5 nitrogen and oxygen atoms in total. The maximum atomic E-state index is 12.9. The maximum absolute atomic E-state index is 12.9. The quantitative estimate of drug-likeness (QED) is 0.839. The maximum Gasteiger partial charge on any atom is 0.236 e. The predicted octanol–water partition coefficient (Wildman–Crippen LogP) is 3.44. The second kappa shape index (κ2) is 8.84. The minimum absolute atomic E-state index is 0.313. The Labute approximate surface area is 152 Å². The molecule has 5 heteroatoms. The fourth-order valence-corrected chi connectivity index (χ4v) is 4.25. The molecule has 25 heavy (non-hydrogen) atoms. The smallest absolute Gasteiger partial charge is 0.236 e. The minimum Gasteiger partial charge on any atom is -0.341 e. The molecule has 2 aliphatic heterocycles. The van der Waals surface area contributed by atoms with E-state index in [1.54, 1.807) is 0 Å². The van der Waals surface area contributed by atoms with Gasteiger partial charge in [0.05, 0.1) is 6.54 Å². The molecule has 2 aliphatic rings. The van der Waals surface area contributed by atoms with Gasteiger partial charge >= 0.3 is 0 Å². The first kappa shape index (κ1) is 18.4. The highest BCUT2D eigenvalue weighted by atomic mass is 16.2. The summed E-state index contributed by atoms with van der Waals surface area (Å²) in [6.07, 6.45) is 12.7. The first-order chi connectivity index (χ1) is 12.1. The number of imidazole rings is 1. The molecule has 0 radical (unpaired) electrons. The summed E-state index contributed by atoms with van der Waals surface area (Å²) in [7, 11) is 0. The van der Waals surface area contributed by atoms with Crippen LogP contribution in [0.1, 0.15) is 76.6 Å². The molecule has 0 unspecified atom stereocenters. The van der Waals surface area contributed by atoms with Crippen LogP contribution in [-0.2, 0) is 4.79 Å². The normalized spacial score (nSPS) is 23.5. The lowest BCUT2D eigenvalue weighted by atomic mass is 9.96. The summed E-state index contributed by atoms with van der Waals surface area (Å²) in [6.45, 7) is 8.90. The number of aromatic nitrogens is 2. The number of amides is 1. The van der Waals surface area contributed by atoms with E-state index in [4.69, 9.17) is 0 Å². The SMILES string of the molecule is CC(C)n1ccnc1[C@@H]1CCCN(C(=O)CN2CCCCCCC2)C1. The van der Waals surface area contributed by atoms with E-state index in [9.17, 15) is 4.79 Å². The minimum atomic E-state index is 0.313. The van der Waals surface area contributed by atoms with E-state index < -0.39 is 0 Å². The van der Waals surface area contributed by atoms with Gasteiger partial charge in [0.25, 0.3) is 0 Å². The van der Waals surface area contributed by atoms with Crippen LogP contribution in [-0.4, -0.2) is 58.0 Å². The molecule has 1 amide bonds. The zero-order valence-corrected chi connectivity index (χ0v) is 16.0. The van der Waals surface area contributed by atoms with Crippen LogP contribution in [0, 0.1) is 0 Å². The highest BCUT2D eigenvalue weighted by molar-refractivity contribution is 5.78. The van der Waals surface area contributed by atoms with Crippen molar-refractivity contribution < 1.29 is 4.79 Å². The van der Waals surface area contributed by atoms with E-state index in [1.807, 2.05) is 6.20 Å². The van der Waals surface area contributed by atoms with Crippen LogP contribution in [0.3, 0.4) is 0 Å². The topological polar surface area (TPSA) is 41.4 Å². The Kier molecular flexibility index (Phi) is 6.51. The van der Waals surface area contributed by atoms with Gasteiger partial charge in [0.1, 0.15) is 5.82 Å². The van der Waals surface area contributed by atoms with E-state index >= 15 is 0 Å². The fourth-order valence-electron chi connectivity index (χ4n) is 4.25. The Bertz CT molecular complexity index is 546. The molecular weight excluding hydrogens is 312 g/mol. The van der Waals surface area contributed by atoms with Crippen molar-refractivity contribution in [3.05, 3.63) is 18.2 Å². The number of nitrogens with zero attached hydrogens (tertiary/aromatic N) is 4. The van der Waals surface area contributed by atoms with Gasteiger partial charge in [-0.05, 0) is 52.6 Å². The van der Waals surface area contributed by atoms with Gasteiger partial charge < -0.3 is 9.47 Å². The summed E-state index contributed by atoms with van der Waals surface area (Å²) in [4.78, 5) is 21.9. The van der Waals surface area contributed by atoms with E-state index in [0.29, 0.717) is 24.4 Å². The van der Waals surface area contributed by atoms with Gasteiger partial charge in [-0.3, -0.25) is 9.69 Å². The van der Waals surface area contributed by atoms with Crippen molar-refractivity contribution >= 4 is 5.91 Å². The molecule has 0 aromatic carbocycles. The molecule has 140 valence electrons. The highest BCUT2D eigenvalue weighted by Crippen LogP contribution is 2.27. The number of hydrogen-bond donors (Lipinski definition) is 0. The average Bonchev–Trinajstić information content (AvgIpc) is 3.07. The molecule has 2 saturated heterocycles. The summed E-state index contributed by atoms with van der Waals surface area (Å²) in [6, 6.07) is 0.421. The molecule has 0 aliphatic carbocycles. The van der Waals surface area contributed by atoms with Gasteiger partial charge in [0.2, 0.25) is 5.91 Å². The number of carbonyl (C=O) groups is 1. The van der Waals surface area contributed by atoms with Gasteiger partial charge in [-0.1, -0.05) is 19.3 Å². The van der Waals surface area contributed by atoms with Gasteiger partial charge in [0.15, 0.2) is 0 Å². The molecular formula is C20H34N4O. The van der Waals surface area contributed by atoms with E-state index in [2.05, 4.69) is 39.4 Å². The Morgan fingerprint density at radius 2 is 1.84 bits per heavy atom. The number of rotatable bonds is 4. The van der Waals surface area contributed by atoms with Crippen molar-refractivity contribution in [2.45, 2.75) is 70.8 Å². The fraction of sp³-hybridized carbons (Fsp3) is 0.800. The third-order valence-electron chi connectivity index (χ3n) is 5.70.